The Kier molecular flexibility index (Phi) is 5.80. The number of aryl methyl sites for hydroxylation is 3. The lowest BCUT2D eigenvalue weighted by atomic mass is 9.99. The first-order chi connectivity index (χ1) is 17.2. The molecule has 36 heavy (non-hydrogen) atoms. The summed E-state index contributed by atoms with van der Waals surface area (Å²) in [6.07, 6.45) is 2.16. The Labute approximate surface area is 207 Å². The molecule has 5 rings (SSSR count). The van der Waals surface area contributed by atoms with Gasteiger partial charge in [-0.1, -0.05) is 25.1 Å². The van der Waals surface area contributed by atoms with Crippen LogP contribution in [0.5, 0.6) is 5.75 Å². The highest BCUT2D eigenvalue weighted by molar-refractivity contribution is 5.90. The van der Waals surface area contributed by atoms with Crippen molar-refractivity contribution < 1.29 is 15.0 Å². The van der Waals surface area contributed by atoms with Crippen molar-refractivity contribution in [1.82, 2.24) is 9.78 Å². The van der Waals surface area contributed by atoms with Crippen molar-refractivity contribution in [3.05, 3.63) is 92.9 Å². The summed E-state index contributed by atoms with van der Waals surface area (Å²) in [6.45, 7) is 5.78. The molecule has 8 nitrogen and oxygen atoms in total. The summed E-state index contributed by atoms with van der Waals surface area (Å²) in [6, 6.07) is 15.8. The topological polar surface area (TPSA) is 120 Å². The summed E-state index contributed by atoms with van der Waals surface area (Å²) >= 11 is 0. The molecule has 1 aliphatic rings. The van der Waals surface area contributed by atoms with Crippen LogP contribution in [0.15, 0.2) is 69.6 Å². The Morgan fingerprint density at radius 3 is 2.67 bits per heavy atom. The largest absolute Gasteiger partial charge is 0.505 e. The number of nitrogens with zero attached hydrogens (tertiary/aromatic N) is 3. The van der Waals surface area contributed by atoms with Crippen LogP contribution in [0.2, 0.25) is 0 Å². The number of phenols is 1. The first kappa shape index (κ1) is 23.3. The minimum atomic E-state index is -1.05. The van der Waals surface area contributed by atoms with Crippen LogP contribution in [0.1, 0.15) is 52.0 Å². The maximum absolute atomic E-state index is 13.2. The molecule has 0 saturated carbocycles. The number of carboxylic acids is 1. The number of nitrogens with one attached hydrogen (secondary N) is 1. The van der Waals surface area contributed by atoms with Crippen LogP contribution >= 0.6 is 0 Å². The van der Waals surface area contributed by atoms with E-state index in [1.54, 1.807) is 31.2 Å². The SMILES string of the molecule is Cc1cc(N=Nc2c(C)[nH]n(-c3ccc4c(c3)C(C)CC4)c2=O)c(O)c(-c2cccc(C(=O)O)c2)c1. The maximum atomic E-state index is 13.2. The van der Waals surface area contributed by atoms with Crippen molar-refractivity contribution >= 4 is 17.3 Å². The number of rotatable bonds is 5. The molecule has 0 amide bonds. The highest BCUT2D eigenvalue weighted by Gasteiger charge is 2.20. The predicted octanol–water partition coefficient (Wildman–Crippen LogP) is 6.32. The molecule has 1 unspecified atom stereocenters. The van der Waals surface area contributed by atoms with Crippen LogP contribution in [0, 0.1) is 13.8 Å². The molecule has 1 heterocycles. The number of phenolic OH excluding ortho intramolecular Hbond substituents is 1. The third-order valence-electron chi connectivity index (χ3n) is 6.72. The van der Waals surface area contributed by atoms with E-state index in [2.05, 4.69) is 34.4 Å². The second-order valence-corrected chi connectivity index (χ2v) is 9.31. The second kappa shape index (κ2) is 8.96. The van der Waals surface area contributed by atoms with Gasteiger partial charge in [-0.2, -0.15) is 0 Å². The van der Waals surface area contributed by atoms with Gasteiger partial charge >= 0.3 is 5.97 Å². The van der Waals surface area contributed by atoms with E-state index in [-0.39, 0.29) is 28.2 Å². The van der Waals surface area contributed by atoms with E-state index in [4.69, 9.17) is 0 Å². The van der Waals surface area contributed by atoms with Crippen molar-refractivity contribution in [3.63, 3.8) is 0 Å². The average molecular weight is 483 g/mol. The number of fused-ring (bicyclic) bond motifs is 1. The van der Waals surface area contributed by atoms with Gasteiger partial charge in [0.2, 0.25) is 0 Å². The van der Waals surface area contributed by atoms with Gasteiger partial charge in [-0.15, -0.1) is 10.2 Å². The van der Waals surface area contributed by atoms with Gasteiger partial charge in [0.1, 0.15) is 5.69 Å². The summed E-state index contributed by atoms with van der Waals surface area (Å²) in [5.74, 6) is -0.741. The number of carboxylic acid groups (broad SMARTS) is 1. The Bertz CT molecular complexity index is 1600. The molecule has 8 heteroatoms. The van der Waals surface area contributed by atoms with Gasteiger partial charge in [-0.05, 0) is 91.3 Å². The van der Waals surface area contributed by atoms with Gasteiger partial charge in [-0.3, -0.25) is 9.89 Å². The minimum Gasteiger partial charge on any atom is -0.505 e. The van der Waals surface area contributed by atoms with Crippen LogP contribution in [-0.4, -0.2) is 26.0 Å². The zero-order valence-electron chi connectivity index (χ0n) is 20.2. The highest BCUT2D eigenvalue weighted by Crippen LogP contribution is 2.39. The Morgan fingerprint density at radius 1 is 1.08 bits per heavy atom. The third kappa shape index (κ3) is 4.11. The fraction of sp³-hybridized carbons (Fsp3) is 0.214. The number of H-pyrrole nitrogens is 1. The van der Waals surface area contributed by atoms with Crippen LogP contribution in [0.4, 0.5) is 11.4 Å². The van der Waals surface area contributed by atoms with Gasteiger partial charge < -0.3 is 10.2 Å². The van der Waals surface area contributed by atoms with E-state index >= 15 is 0 Å². The molecule has 0 aliphatic heterocycles. The van der Waals surface area contributed by atoms with E-state index in [0.717, 1.165) is 24.1 Å². The van der Waals surface area contributed by atoms with E-state index < -0.39 is 5.97 Å². The van der Waals surface area contributed by atoms with E-state index in [1.165, 1.54) is 27.9 Å². The Hall–Kier alpha value is -4.46. The van der Waals surface area contributed by atoms with Crippen molar-refractivity contribution in [2.24, 2.45) is 10.2 Å². The molecule has 1 aliphatic carbocycles. The molecule has 0 saturated heterocycles. The number of aromatic nitrogens is 2. The standard InChI is InChI=1S/C28H26N4O4/c1-15-11-23(19-5-4-6-20(13-19)28(35)36)26(33)24(12-15)29-30-25-17(3)31-32(27(25)34)21-10-9-18-8-7-16(2)22(18)14-21/h4-6,9-14,16,31,33H,7-8H2,1-3H3,(H,35,36). The normalized spacial score (nSPS) is 14.9. The predicted molar refractivity (Wildman–Crippen MR) is 137 cm³/mol. The number of aromatic amines is 1. The number of benzene rings is 3. The molecular formula is C28H26N4O4. The average Bonchev–Trinajstić information content (AvgIpc) is 3.37. The van der Waals surface area contributed by atoms with E-state index in [0.29, 0.717) is 22.7 Å². The summed E-state index contributed by atoms with van der Waals surface area (Å²) in [4.78, 5) is 24.6. The summed E-state index contributed by atoms with van der Waals surface area (Å²) in [5, 5.41) is 31.7. The lowest BCUT2D eigenvalue weighted by Crippen LogP contribution is -2.14. The number of hydrogen-bond donors (Lipinski definition) is 3. The summed E-state index contributed by atoms with van der Waals surface area (Å²) in [7, 11) is 0. The molecule has 1 aromatic heterocycles. The molecule has 182 valence electrons. The zero-order chi connectivity index (χ0) is 25.6. The van der Waals surface area contributed by atoms with Gasteiger partial charge in [0.25, 0.3) is 5.56 Å². The number of aromatic hydroxyl groups is 1. The molecule has 0 bridgehead atoms. The fourth-order valence-electron chi connectivity index (χ4n) is 4.75. The van der Waals surface area contributed by atoms with Crippen LogP contribution in [-0.2, 0) is 6.42 Å². The minimum absolute atomic E-state index is 0.112. The molecule has 4 aromatic rings. The number of azo groups is 1. The molecule has 3 N–H and O–H groups in total. The first-order valence-electron chi connectivity index (χ1n) is 11.8. The summed E-state index contributed by atoms with van der Waals surface area (Å²) < 4.78 is 1.47. The van der Waals surface area contributed by atoms with Crippen LogP contribution in [0.3, 0.4) is 0 Å². The van der Waals surface area contributed by atoms with E-state index in [1.807, 2.05) is 13.0 Å². The van der Waals surface area contributed by atoms with Crippen LogP contribution < -0.4 is 5.56 Å². The Balaban J connectivity index is 1.52. The molecule has 1 atom stereocenters. The molecule has 0 radical (unpaired) electrons. The van der Waals surface area contributed by atoms with Gasteiger partial charge in [0, 0.05) is 5.56 Å². The van der Waals surface area contributed by atoms with E-state index in [9.17, 15) is 19.8 Å². The smallest absolute Gasteiger partial charge is 0.335 e. The Morgan fingerprint density at radius 2 is 1.89 bits per heavy atom. The second-order valence-electron chi connectivity index (χ2n) is 9.31. The molecule has 0 spiro atoms. The lowest BCUT2D eigenvalue weighted by Gasteiger charge is -2.09. The fourth-order valence-corrected chi connectivity index (χ4v) is 4.75. The maximum Gasteiger partial charge on any atom is 0.335 e. The molecular weight excluding hydrogens is 456 g/mol. The van der Waals surface area contributed by atoms with Crippen molar-refractivity contribution in [2.75, 3.05) is 0 Å². The van der Waals surface area contributed by atoms with Gasteiger partial charge in [-0.25, -0.2) is 9.48 Å². The number of aromatic carboxylic acids is 1. The first-order valence-corrected chi connectivity index (χ1v) is 11.8. The van der Waals surface area contributed by atoms with Gasteiger partial charge in [0.05, 0.1) is 16.9 Å². The quantitative estimate of drug-likeness (QED) is 0.288. The van der Waals surface area contributed by atoms with Crippen molar-refractivity contribution in [1.29, 1.82) is 0 Å². The molecule has 3 aromatic carbocycles. The summed E-state index contributed by atoms with van der Waals surface area (Å²) in [5.41, 5.74) is 5.77. The molecule has 0 fully saturated rings. The number of carbonyl (C=O) groups is 1. The monoisotopic (exact) mass is 482 g/mol. The highest BCUT2D eigenvalue weighted by atomic mass is 16.4. The number of hydrogen-bond acceptors (Lipinski definition) is 5. The third-order valence-corrected chi connectivity index (χ3v) is 6.72. The van der Waals surface area contributed by atoms with Crippen molar-refractivity contribution in [3.8, 4) is 22.6 Å². The zero-order valence-corrected chi connectivity index (χ0v) is 20.2. The van der Waals surface area contributed by atoms with Crippen LogP contribution in [0.25, 0.3) is 16.8 Å². The van der Waals surface area contributed by atoms with Gasteiger partial charge in [0.15, 0.2) is 11.4 Å². The van der Waals surface area contributed by atoms with Crippen molar-refractivity contribution in [2.45, 2.75) is 39.5 Å². The lowest BCUT2D eigenvalue weighted by molar-refractivity contribution is 0.0697.